The van der Waals surface area contributed by atoms with E-state index in [1.54, 1.807) is 38.1 Å². The van der Waals surface area contributed by atoms with E-state index in [-0.39, 0.29) is 17.9 Å². The molecule has 1 aromatic heterocycles. The van der Waals surface area contributed by atoms with Crippen LogP contribution in [0.5, 0.6) is 11.5 Å². The first-order valence-corrected chi connectivity index (χ1v) is 11.9. The zero-order chi connectivity index (χ0) is 25.8. The molecule has 0 aliphatic carbocycles. The summed E-state index contributed by atoms with van der Waals surface area (Å²) in [5, 5.41) is 8.85. The van der Waals surface area contributed by atoms with Crippen LogP contribution in [-0.2, 0) is 14.3 Å². The van der Waals surface area contributed by atoms with Crippen molar-refractivity contribution in [2.75, 3.05) is 20.3 Å². The number of esters is 1. The Morgan fingerprint density at radius 1 is 1.17 bits per heavy atom. The van der Waals surface area contributed by atoms with Gasteiger partial charge in [0.25, 0.3) is 5.56 Å². The highest BCUT2D eigenvalue weighted by molar-refractivity contribution is 7.07. The molecule has 0 saturated carbocycles. The number of fused-ring (bicyclic) bond motifs is 1. The standard InChI is InChI=1S/C26H24N2O7S/c1-4-34-25(32)22-15(2)27-26-28(23(22)17-8-6-5-7-9-17)24(31)20(36-26)13-16-10-11-18(19(12-16)33-3)35-14-21(29)30/h5-13,23H,4,14H2,1-3H3,(H,29,30). The van der Waals surface area contributed by atoms with Gasteiger partial charge in [0.05, 0.1) is 35.6 Å². The third kappa shape index (κ3) is 4.94. The molecule has 2 heterocycles. The van der Waals surface area contributed by atoms with Crippen LogP contribution in [0.1, 0.15) is 31.0 Å². The highest BCUT2D eigenvalue weighted by atomic mass is 32.1. The minimum absolute atomic E-state index is 0.204. The number of allylic oxidation sites excluding steroid dienone is 1. The molecule has 4 rings (SSSR count). The maximum atomic E-state index is 13.6. The molecule has 1 aliphatic heterocycles. The third-order valence-electron chi connectivity index (χ3n) is 5.47. The zero-order valence-electron chi connectivity index (χ0n) is 19.9. The van der Waals surface area contributed by atoms with Gasteiger partial charge in [0.15, 0.2) is 22.9 Å². The zero-order valence-corrected chi connectivity index (χ0v) is 20.7. The summed E-state index contributed by atoms with van der Waals surface area (Å²) in [6.07, 6.45) is 1.69. The highest BCUT2D eigenvalue weighted by Gasteiger charge is 2.33. The van der Waals surface area contributed by atoms with Gasteiger partial charge in [-0.2, -0.15) is 0 Å². The van der Waals surface area contributed by atoms with Crippen molar-refractivity contribution in [1.82, 2.24) is 4.57 Å². The molecule has 0 radical (unpaired) electrons. The largest absolute Gasteiger partial charge is 0.493 e. The van der Waals surface area contributed by atoms with Crippen LogP contribution < -0.4 is 24.4 Å². The number of rotatable bonds is 8. The number of carbonyl (C=O) groups excluding carboxylic acids is 1. The van der Waals surface area contributed by atoms with Crippen molar-refractivity contribution in [2.45, 2.75) is 19.9 Å². The lowest BCUT2D eigenvalue weighted by Gasteiger charge is -2.24. The minimum atomic E-state index is -1.10. The summed E-state index contributed by atoms with van der Waals surface area (Å²) in [5.74, 6) is -1.01. The number of hydrogen-bond donors (Lipinski definition) is 1. The van der Waals surface area contributed by atoms with Crippen LogP contribution in [0.3, 0.4) is 0 Å². The van der Waals surface area contributed by atoms with Crippen molar-refractivity contribution in [3.63, 3.8) is 0 Å². The number of methoxy groups -OCH3 is 1. The average Bonchev–Trinajstić information content (AvgIpc) is 3.16. The molecule has 3 aromatic rings. The first kappa shape index (κ1) is 24.9. The molecule has 186 valence electrons. The molecular weight excluding hydrogens is 484 g/mol. The van der Waals surface area contributed by atoms with Crippen LogP contribution in [0.25, 0.3) is 6.08 Å². The van der Waals surface area contributed by atoms with Gasteiger partial charge in [-0.15, -0.1) is 0 Å². The maximum Gasteiger partial charge on any atom is 0.341 e. The fourth-order valence-corrected chi connectivity index (χ4v) is 4.97. The number of aliphatic carboxylic acids is 1. The van der Waals surface area contributed by atoms with Gasteiger partial charge in [-0.25, -0.2) is 14.6 Å². The summed E-state index contributed by atoms with van der Waals surface area (Å²) in [7, 11) is 1.44. The van der Waals surface area contributed by atoms with Crippen molar-refractivity contribution in [2.24, 2.45) is 4.99 Å². The second kappa shape index (κ2) is 10.6. The molecule has 1 N–H and O–H groups in total. The first-order valence-electron chi connectivity index (χ1n) is 11.1. The molecule has 0 saturated heterocycles. The molecule has 1 unspecified atom stereocenters. The predicted octanol–water partition coefficient (Wildman–Crippen LogP) is 2.27. The van der Waals surface area contributed by atoms with E-state index in [1.807, 2.05) is 30.3 Å². The van der Waals surface area contributed by atoms with Crippen LogP contribution in [-0.4, -0.2) is 41.9 Å². The van der Waals surface area contributed by atoms with Crippen molar-refractivity contribution < 1.29 is 28.9 Å². The minimum Gasteiger partial charge on any atom is -0.493 e. The Bertz CT molecular complexity index is 1520. The molecule has 9 nitrogen and oxygen atoms in total. The summed E-state index contributed by atoms with van der Waals surface area (Å²) < 4.78 is 17.8. The van der Waals surface area contributed by atoms with Crippen LogP contribution in [0, 0.1) is 0 Å². The van der Waals surface area contributed by atoms with Gasteiger partial charge in [0.2, 0.25) is 0 Å². The van der Waals surface area contributed by atoms with Gasteiger partial charge in [-0.3, -0.25) is 9.36 Å². The van der Waals surface area contributed by atoms with Crippen LogP contribution in [0.4, 0.5) is 0 Å². The number of carboxylic acids is 1. The van der Waals surface area contributed by atoms with Crippen molar-refractivity contribution in [3.8, 4) is 11.5 Å². The molecule has 1 atom stereocenters. The molecule has 2 aromatic carbocycles. The van der Waals surface area contributed by atoms with Crippen LogP contribution >= 0.6 is 11.3 Å². The number of aromatic nitrogens is 1. The number of nitrogens with zero attached hydrogens (tertiary/aromatic N) is 2. The van der Waals surface area contributed by atoms with E-state index in [4.69, 9.17) is 19.3 Å². The second-order valence-corrected chi connectivity index (χ2v) is 8.81. The SMILES string of the molecule is CCOC(=O)C1=C(C)N=c2sc(=Cc3ccc(OCC(=O)O)c(OC)c3)c(=O)n2C1c1ccccc1. The Balaban J connectivity index is 1.84. The average molecular weight is 509 g/mol. The lowest BCUT2D eigenvalue weighted by atomic mass is 9.96. The number of ether oxygens (including phenoxy) is 3. The monoisotopic (exact) mass is 508 g/mol. The molecular formula is C26H24N2O7S. The van der Waals surface area contributed by atoms with Crippen molar-refractivity contribution in [3.05, 3.63) is 90.6 Å². The van der Waals surface area contributed by atoms with E-state index >= 15 is 0 Å². The predicted molar refractivity (Wildman–Crippen MR) is 133 cm³/mol. The Kier molecular flexibility index (Phi) is 7.35. The smallest absolute Gasteiger partial charge is 0.341 e. The highest BCUT2D eigenvalue weighted by Crippen LogP contribution is 2.31. The second-order valence-electron chi connectivity index (χ2n) is 7.81. The van der Waals surface area contributed by atoms with E-state index in [0.717, 1.165) is 5.56 Å². The van der Waals surface area contributed by atoms with Crippen LogP contribution in [0.2, 0.25) is 0 Å². The van der Waals surface area contributed by atoms with Gasteiger partial charge in [0.1, 0.15) is 0 Å². The quantitative estimate of drug-likeness (QED) is 0.464. The van der Waals surface area contributed by atoms with Gasteiger partial charge < -0.3 is 19.3 Å². The Labute approximate surface area is 210 Å². The van der Waals surface area contributed by atoms with E-state index in [0.29, 0.717) is 31.9 Å². The summed E-state index contributed by atoms with van der Waals surface area (Å²) in [6.45, 7) is 3.16. The molecule has 1 aliphatic rings. The van der Waals surface area contributed by atoms with Gasteiger partial charge in [0, 0.05) is 0 Å². The summed E-state index contributed by atoms with van der Waals surface area (Å²) in [5.41, 5.74) is 1.94. The van der Waals surface area contributed by atoms with E-state index in [2.05, 4.69) is 4.99 Å². The lowest BCUT2D eigenvalue weighted by Crippen LogP contribution is -2.39. The number of thiazole rings is 1. The Hall–Kier alpha value is -4.18. The Morgan fingerprint density at radius 3 is 2.58 bits per heavy atom. The summed E-state index contributed by atoms with van der Waals surface area (Å²) in [4.78, 5) is 42.4. The summed E-state index contributed by atoms with van der Waals surface area (Å²) in [6, 6.07) is 13.5. The molecule has 0 fully saturated rings. The van der Waals surface area contributed by atoms with E-state index in [9.17, 15) is 14.4 Å². The van der Waals surface area contributed by atoms with Gasteiger partial charge in [-0.1, -0.05) is 47.7 Å². The van der Waals surface area contributed by atoms with Gasteiger partial charge in [-0.05, 0) is 43.2 Å². The molecule has 0 spiro atoms. The molecule has 0 amide bonds. The molecule has 0 bridgehead atoms. The molecule has 36 heavy (non-hydrogen) atoms. The number of hydrogen-bond acceptors (Lipinski definition) is 8. The Morgan fingerprint density at radius 2 is 1.92 bits per heavy atom. The maximum absolute atomic E-state index is 13.6. The lowest BCUT2D eigenvalue weighted by molar-refractivity contribution is -0.140. The fraction of sp³-hybridized carbons (Fsp3) is 0.231. The number of carbonyl (C=O) groups is 2. The summed E-state index contributed by atoms with van der Waals surface area (Å²) >= 11 is 1.21. The molecule has 10 heteroatoms. The topological polar surface area (TPSA) is 116 Å². The number of benzene rings is 2. The van der Waals surface area contributed by atoms with E-state index < -0.39 is 24.6 Å². The fourth-order valence-electron chi connectivity index (χ4n) is 3.93. The van der Waals surface area contributed by atoms with Crippen molar-refractivity contribution in [1.29, 1.82) is 0 Å². The van der Waals surface area contributed by atoms with Crippen molar-refractivity contribution >= 4 is 29.4 Å². The first-order chi connectivity index (χ1) is 17.3. The van der Waals surface area contributed by atoms with Gasteiger partial charge >= 0.3 is 11.9 Å². The normalized spacial score (nSPS) is 15.2. The number of carboxylic acid groups (broad SMARTS) is 1. The third-order valence-corrected chi connectivity index (χ3v) is 6.45. The van der Waals surface area contributed by atoms with E-state index in [1.165, 1.54) is 23.0 Å². The van der Waals surface area contributed by atoms with Crippen LogP contribution in [0.15, 0.2) is 69.6 Å².